The Morgan fingerprint density at radius 2 is 1.89 bits per heavy atom. The van der Waals surface area contributed by atoms with E-state index in [9.17, 15) is 24.3 Å². The van der Waals surface area contributed by atoms with Crippen LogP contribution >= 0.6 is 0 Å². The van der Waals surface area contributed by atoms with Gasteiger partial charge in [-0.3, -0.25) is 19.2 Å². The standard InChI is InChI=1S/C19H18N2O6/c1-11-9-15(23)17(19(26)21-11)14(22)8-5-12-3-6-13(7-4-12)18(25)20-10-16(24)27-2/h3-9H,10H2,1-2H3,(H,20,25)(H2,21,23,26)/b8-5+. The van der Waals surface area contributed by atoms with Gasteiger partial charge in [-0.15, -0.1) is 0 Å². The molecule has 0 aliphatic rings. The first kappa shape index (κ1) is 19.6. The first-order valence-corrected chi connectivity index (χ1v) is 7.92. The number of hydrogen-bond acceptors (Lipinski definition) is 6. The number of hydrogen-bond donors (Lipinski definition) is 3. The third-order valence-electron chi connectivity index (χ3n) is 3.61. The molecule has 3 N–H and O–H groups in total. The van der Waals surface area contributed by atoms with Gasteiger partial charge in [0, 0.05) is 11.3 Å². The van der Waals surface area contributed by atoms with Crippen LogP contribution in [-0.2, 0) is 9.53 Å². The fourth-order valence-electron chi connectivity index (χ4n) is 2.24. The molecule has 0 aliphatic carbocycles. The molecule has 1 aromatic heterocycles. The van der Waals surface area contributed by atoms with Gasteiger partial charge in [0.05, 0.1) is 7.11 Å². The number of nitrogens with one attached hydrogen (secondary N) is 2. The number of aromatic nitrogens is 1. The molecule has 0 spiro atoms. The number of rotatable bonds is 6. The van der Waals surface area contributed by atoms with Crippen molar-refractivity contribution in [3.05, 3.63) is 69.1 Å². The van der Waals surface area contributed by atoms with Gasteiger partial charge in [0.25, 0.3) is 11.5 Å². The van der Waals surface area contributed by atoms with E-state index in [1.807, 2.05) is 0 Å². The predicted octanol–water partition coefficient (Wildman–Crippen LogP) is 1.19. The van der Waals surface area contributed by atoms with Crippen LogP contribution in [0.2, 0.25) is 0 Å². The molecule has 0 bridgehead atoms. The summed E-state index contributed by atoms with van der Waals surface area (Å²) >= 11 is 0. The molecule has 8 heteroatoms. The Morgan fingerprint density at radius 3 is 2.48 bits per heavy atom. The number of H-pyrrole nitrogens is 1. The molecule has 0 atom stereocenters. The van der Waals surface area contributed by atoms with Gasteiger partial charge in [0.2, 0.25) is 0 Å². The quantitative estimate of drug-likeness (QED) is 0.398. The second kappa shape index (κ2) is 8.61. The summed E-state index contributed by atoms with van der Waals surface area (Å²) in [5, 5.41) is 12.2. The maximum atomic E-state index is 12.1. The molecule has 0 saturated carbocycles. The number of ether oxygens (including phenoxy) is 1. The summed E-state index contributed by atoms with van der Waals surface area (Å²) < 4.78 is 4.43. The highest BCUT2D eigenvalue weighted by Crippen LogP contribution is 2.15. The maximum absolute atomic E-state index is 12.1. The number of aryl methyl sites for hydroxylation is 1. The zero-order valence-electron chi connectivity index (χ0n) is 14.7. The van der Waals surface area contributed by atoms with Crippen LogP contribution in [0.3, 0.4) is 0 Å². The molecule has 1 aromatic carbocycles. The van der Waals surface area contributed by atoms with Gasteiger partial charge < -0.3 is 20.1 Å². The average molecular weight is 370 g/mol. The van der Waals surface area contributed by atoms with E-state index in [0.29, 0.717) is 16.8 Å². The highest BCUT2D eigenvalue weighted by atomic mass is 16.5. The number of allylic oxidation sites excluding steroid dienone is 1. The molecule has 2 aromatic rings. The Balaban J connectivity index is 2.08. The van der Waals surface area contributed by atoms with Gasteiger partial charge in [-0.25, -0.2) is 0 Å². The first-order valence-electron chi connectivity index (χ1n) is 7.92. The van der Waals surface area contributed by atoms with E-state index in [-0.39, 0.29) is 17.9 Å². The van der Waals surface area contributed by atoms with E-state index >= 15 is 0 Å². The van der Waals surface area contributed by atoms with Crippen LogP contribution in [0.1, 0.15) is 32.0 Å². The van der Waals surface area contributed by atoms with Crippen LogP contribution in [0.15, 0.2) is 41.2 Å². The normalized spacial score (nSPS) is 10.6. The number of methoxy groups -OCH3 is 1. The zero-order valence-corrected chi connectivity index (χ0v) is 14.7. The fraction of sp³-hybridized carbons (Fsp3) is 0.158. The lowest BCUT2D eigenvalue weighted by atomic mass is 10.1. The SMILES string of the molecule is COC(=O)CNC(=O)c1ccc(/C=C/C(=O)c2c(O)cc(C)[nH]c2=O)cc1. The Labute approximate surface area is 154 Å². The summed E-state index contributed by atoms with van der Waals surface area (Å²) in [5.74, 6) is -2.03. The van der Waals surface area contributed by atoms with Gasteiger partial charge in [-0.1, -0.05) is 18.2 Å². The number of benzene rings is 1. The Kier molecular flexibility index (Phi) is 6.27. The van der Waals surface area contributed by atoms with Crippen LogP contribution < -0.4 is 10.9 Å². The number of ketones is 1. The van der Waals surface area contributed by atoms with Crippen molar-refractivity contribution in [2.24, 2.45) is 0 Å². The number of carbonyl (C=O) groups excluding carboxylic acids is 3. The van der Waals surface area contributed by atoms with E-state index in [0.717, 1.165) is 6.08 Å². The molecule has 0 fully saturated rings. The largest absolute Gasteiger partial charge is 0.507 e. The van der Waals surface area contributed by atoms with Crippen molar-refractivity contribution in [3.8, 4) is 5.75 Å². The van der Waals surface area contributed by atoms with Crippen LogP contribution in [0.4, 0.5) is 0 Å². The molecule has 0 unspecified atom stereocenters. The number of pyridine rings is 1. The van der Waals surface area contributed by atoms with Crippen molar-refractivity contribution in [2.75, 3.05) is 13.7 Å². The minimum atomic E-state index is -0.667. The monoisotopic (exact) mass is 370 g/mol. The first-order chi connectivity index (χ1) is 12.8. The second-order valence-corrected chi connectivity index (χ2v) is 5.62. The van der Waals surface area contributed by atoms with Crippen molar-refractivity contribution >= 4 is 23.7 Å². The van der Waals surface area contributed by atoms with Crippen molar-refractivity contribution < 1.29 is 24.2 Å². The zero-order chi connectivity index (χ0) is 20.0. The van der Waals surface area contributed by atoms with Crippen molar-refractivity contribution in [3.63, 3.8) is 0 Å². The smallest absolute Gasteiger partial charge is 0.325 e. The predicted molar refractivity (Wildman–Crippen MR) is 97.6 cm³/mol. The van der Waals surface area contributed by atoms with Crippen molar-refractivity contribution in [2.45, 2.75) is 6.92 Å². The summed E-state index contributed by atoms with van der Waals surface area (Å²) in [5.41, 5.74) is 0.375. The van der Waals surface area contributed by atoms with Crippen molar-refractivity contribution in [1.29, 1.82) is 0 Å². The molecular formula is C19H18N2O6. The van der Waals surface area contributed by atoms with Gasteiger partial charge in [0.15, 0.2) is 5.78 Å². The minimum Gasteiger partial charge on any atom is -0.507 e. The lowest BCUT2D eigenvalue weighted by Gasteiger charge is -2.04. The number of aromatic hydroxyl groups is 1. The molecule has 1 heterocycles. The number of carbonyl (C=O) groups is 3. The molecule has 140 valence electrons. The molecule has 1 amide bonds. The Bertz CT molecular complexity index is 957. The van der Waals surface area contributed by atoms with Crippen LogP contribution in [0.5, 0.6) is 5.75 Å². The molecule has 0 saturated heterocycles. The van der Waals surface area contributed by atoms with Gasteiger partial charge in [0.1, 0.15) is 17.9 Å². The third-order valence-corrected chi connectivity index (χ3v) is 3.61. The summed E-state index contributed by atoms with van der Waals surface area (Å²) in [4.78, 5) is 49.3. The summed E-state index contributed by atoms with van der Waals surface area (Å²) in [6, 6.07) is 7.52. The van der Waals surface area contributed by atoms with E-state index in [2.05, 4.69) is 15.0 Å². The Hall–Kier alpha value is -3.68. The molecule has 0 radical (unpaired) electrons. The highest BCUT2D eigenvalue weighted by Gasteiger charge is 2.14. The topological polar surface area (TPSA) is 126 Å². The second-order valence-electron chi connectivity index (χ2n) is 5.62. The summed E-state index contributed by atoms with van der Waals surface area (Å²) in [7, 11) is 1.22. The lowest BCUT2D eigenvalue weighted by molar-refractivity contribution is -0.139. The molecule has 8 nitrogen and oxygen atoms in total. The van der Waals surface area contributed by atoms with E-state index in [1.165, 1.54) is 31.4 Å². The Morgan fingerprint density at radius 1 is 1.22 bits per heavy atom. The van der Waals surface area contributed by atoms with Crippen LogP contribution in [0.25, 0.3) is 6.08 Å². The van der Waals surface area contributed by atoms with Gasteiger partial charge >= 0.3 is 5.97 Å². The minimum absolute atomic E-state index is 0.236. The van der Waals surface area contributed by atoms with E-state index in [1.54, 1.807) is 19.1 Å². The molecular weight excluding hydrogens is 352 g/mol. The molecule has 2 rings (SSSR count). The molecule has 0 aliphatic heterocycles. The number of aromatic amines is 1. The van der Waals surface area contributed by atoms with Gasteiger partial charge in [-0.05, 0) is 36.8 Å². The van der Waals surface area contributed by atoms with E-state index < -0.39 is 23.2 Å². The van der Waals surface area contributed by atoms with Gasteiger partial charge in [-0.2, -0.15) is 0 Å². The number of amides is 1. The summed E-state index contributed by atoms with van der Waals surface area (Å²) in [6.45, 7) is 1.36. The summed E-state index contributed by atoms with van der Waals surface area (Å²) in [6.07, 6.45) is 2.61. The van der Waals surface area contributed by atoms with Crippen LogP contribution in [0, 0.1) is 6.92 Å². The third kappa shape index (κ3) is 5.15. The fourth-order valence-corrected chi connectivity index (χ4v) is 2.24. The molecule has 27 heavy (non-hydrogen) atoms. The highest BCUT2D eigenvalue weighted by molar-refractivity contribution is 6.08. The maximum Gasteiger partial charge on any atom is 0.325 e. The van der Waals surface area contributed by atoms with Crippen LogP contribution in [-0.4, -0.2) is 41.4 Å². The van der Waals surface area contributed by atoms with Crippen molar-refractivity contribution in [1.82, 2.24) is 10.3 Å². The average Bonchev–Trinajstić information content (AvgIpc) is 2.63. The lowest BCUT2D eigenvalue weighted by Crippen LogP contribution is -2.30. The van der Waals surface area contributed by atoms with E-state index in [4.69, 9.17) is 0 Å². The number of esters is 1.